The lowest BCUT2D eigenvalue weighted by Gasteiger charge is -2.35. The molecular weight excluding hydrogens is 242 g/mol. The Morgan fingerprint density at radius 1 is 1.47 bits per heavy atom. The second kappa shape index (κ2) is 5.33. The smallest absolute Gasteiger partial charge is 0.293 e. The second-order valence-corrected chi connectivity index (χ2v) is 6.01. The lowest BCUT2D eigenvalue weighted by molar-refractivity contribution is 0.00288. The molecule has 0 amide bonds. The largest absolute Gasteiger partial charge is 0.378 e. The Bertz CT molecular complexity index is 484. The average Bonchev–Trinajstić information content (AvgIpc) is 2.27. The first-order valence-corrected chi connectivity index (χ1v) is 6.88. The molecule has 1 heterocycles. The van der Waals surface area contributed by atoms with E-state index in [2.05, 4.69) is 10.3 Å². The van der Waals surface area contributed by atoms with Crippen LogP contribution in [0, 0.1) is 0 Å². The van der Waals surface area contributed by atoms with Gasteiger partial charge in [0.25, 0.3) is 5.56 Å². The Balaban J connectivity index is 2.05. The zero-order valence-corrected chi connectivity index (χ0v) is 12.1. The highest BCUT2D eigenvalue weighted by Gasteiger charge is 2.30. The van der Waals surface area contributed by atoms with Gasteiger partial charge in [-0.05, 0) is 40.5 Å². The third kappa shape index (κ3) is 3.15. The minimum atomic E-state index is -0.232. The van der Waals surface area contributed by atoms with Gasteiger partial charge in [0.05, 0.1) is 6.10 Å². The molecule has 1 aromatic heterocycles. The van der Waals surface area contributed by atoms with Crippen molar-refractivity contribution >= 4 is 5.82 Å². The van der Waals surface area contributed by atoms with E-state index in [9.17, 15) is 4.79 Å². The van der Waals surface area contributed by atoms with Gasteiger partial charge in [-0.25, -0.2) is 4.98 Å². The van der Waals surface area contributed by atoms with Crippen molar-refractivity contribution in [3.05, 3.63) is 22.7 Å². The molecule has 1 N–H and O–H groups in total. The fraction of sp³-hybridized carbons (Fsp3) is 0.714. The van der Waals surface area contributed by atoms with Crippen molar-refractivity contribution in [3.8, 4) is 0 Å². The molecule has 0 spiro atoms. The number of anilines is 1. The number of nitrogens with zero attached hydrogens (tertiary/aromatic N) is 2. The minimum absolute atomic E-state index is 0.0603. The summed E-state index contributed by atoms with van der Waals surface area (Å²) in [5.74, 6) is 0.442. The summed E-state index contributed by atoms with van der Waals surface area (Å²) in [5, 5.41) is 3.22. The Hall–Kier alpha value is -1.36. The average molecular weight is 265 g/mol. The fourth-order valence-electron chi connectivity index (χ4n) is 2.29. The van der Waals surface area contributed by atoms with Crippen LogP contribution in [0.2, 0.25) is 0 Å². The van der Waals surface area contributed by atoms with E-state index >= 15 is 0 Å². The zero-order valence-electron chi connectivity index (χ0n) is 12.1. The number of rotatable bonds is 4. The molecule has 1 aromatic rings. The number of hydrogen-bond donors (Lipinski definition) is 1. The van der Waals surface area contributed by atoms with Crippen LogP contribution in [0.3, 0.4) is 0 Å². The van der Waals surface area contributed by atoms with Gasteiger partial charge in [-0.1, -0.05) is 0 Å². The van der Waals surface area contributed by atoms with Crippen LogP contribution in [-0.2, 0) is 10.3 Å². The highest BCUT2D eigenvalue weighted by molar-refractivity contribution is 5.33. The van der Waals surface area contributed by atoms with E-state index in [1.807, 2.05) is 27.7 Å². The van der Waals surface area contributed by atoms with Crippen LogP contribution in [0.5, 0.6) is 0 Å². The summed E-state index contributed by atoms with van der Waals surface area (Å²) >= 11 is 0. The third-order valence-corrected chi connectivity index (χ3v) is 3.40. The van der Waals surface area contributed by atoms with Crippen molar-refractivity contribution in [2.75, 3.05) is 11.9 Å². The van der Waals surface area contributed by atoms with Crippen LogP contribution < -0.4 is 10.9 Å². The van der Waals surface area contributed by atoms with Gasteiger partial charge in [0.1, 0.15) is 0 Å². The predicted octanol–water partition coefficient (Wildman–Crippen LogP) is 1.98. The van der Waals surface area contributed by atoms with Crippen LogP contribution >= 0.6 is 0 Å². The molecule has 0 saturated heterocycles. The molecule has 5 heteroatoms. The summed E-state index contributed by atoms with van der Waals surface area (Å²) in [6.45, 7) is 8.77. The van der Waals surface area contributed by atoms with Gasteiger partial charge in [-0.15, -0.1) is 0 Å². The van der Waals surface area contributed by atoms with Crippen LogP contribution in [0.25, 0.3) is 0 Å². The highest BCUT2D eigenvalue weighted by atomic mass is 16.5. The van der Waals surface area contributed by atoms with Crippen LogP contribution in [0.15, 0.2) is 17.2 Å². The predicted molar refractivity (Wildman–Crippen MR) is 75.6 cm³/mol. The van der Waals surface area contributed by atoms with Crippen LogP contribution in [0.1, 0.15) is 40.5 Å². The molecule has 0 aromatic carbocycles. The first-order chi connectivity index (χ1) is 8.91. The monoisotopic (exact) mass is 265 g/mol. The quantitative estimate of drug-likeness (QED) is 0.904. The van der Waals surface area contributed by atoms with Gasteiger partial charge in [0.2, 0.25) is 0 Å². The van der Waals surface area contributed by atoms with Crippen LogP contribution in [-0.4, -0.2) is 28.3 Å². The van der Waals surface area contributed by atoms with E-state index in [-0.39, 0.29) is 11.1 Å². The molecule has 0 bridgehead atoms. The van der Waals surface area contributed by atoms with Crippen molar-refractivity contribution in [1.29, 1.82) is 0 Å². The molecule has 0 radical (unpaired) electrons. The number of aromatic nitrogens is 2. The van der Waals surface area contributed by atoms with Gasteiger partial charge in [-0.2, -0.15) is 0 Å². The maximum absolute atomic E-state index is 12.3. The van der Waals surface area contributed by atoms with Crippen molar-refractivity contribution in [3.63, 3.8) is 0 Å². The molecule has 2 rings (SSSR count). The van der Waals surface area contributed by atoms with E-state index in [1.54, 1.807) is 17.0 Å². The lowest BCUT2D eigenvalue weighted by Crippen LogP contribution is -2.43. The molecule has 1 fully saturated rings. The maximum atomic E-state index is 12.3. The van der Waals surface area contributed by atoms with E-state index in [0.29, 0.717) is 18.0 Å². The van der Waals surface area contributed by atoms with Crippen molar-refractivity contribution < 1.29 is 4.74 Å². The molecular formula is C14H23N3O2. The van der Waals surface area contributed by atoms with E-state index in [4.69, 9.17) is 4.74 Å². The number of hydrogen-bond acceptors (Lipinski definition) is 4. The Morgan fingerprint density at radius 3 is 2.74 bits per heavy atom. The van der Waals surface area contributed by atoms with Crippen molar-refractivity contribution in [1.82, 2.24) is 9.55 Å². The first kappa shape index (κ1) is 14.1. The molecule has 106 valence electrons. The van der Waals surface area contributed by atoms with E-state index in [0.717, 1.165) is 19.4 Å². The lowest BCUT2D eigenvalue weighted by atomic mass is 9.89. The third-order valence-electron chi connectivity index (χ3n) is 3.40. The molecule has 1 aliphatic carbocycles. The minimum Gasteiger partial charge on any atom is -0.378 e. The Labute approximate surface area is 114 Å². The van der Waals surface area contributed by atoms with Crippen molar-refractivity contribution in [2.45, 2.75) is 58.2 Å². The zero-order chi connectivity index (χ0) is 14.0. The fourth-order valence-corrected chi connectivity index (χ4v) is 2.29. The molecule has 19 heavy (non-hydrogen) atoms. The Morgan fingerprint density at radius 2 is 2.16 bits per heavy atom. The first-order valence-electron chi connectivity index (χ1n) is 6.88. The van der Waals surface area contributed by atoms with Gasteiger partial charge < -0.3 is 14.6 Å². The normalized spacial score (nSPS) is 22.9. The van der Waals surface area contributed by atoms with Gasteiger partial charge in [0.15, 0.2) is 5.82 Å². The standard InChI is InChI=1S/C14H23N3O2/c1-5-19-11-8-10(9-11)16-12-13(18)17(7-6-15-12)14(2,3)4/h6-7,10-11H,5,8-9H2,1-4H3,(H,15,16). The summed E-state index contributed by atoms with van der Waals surface area (Å²) in [4.78, 5) is 16.5. The summed E-state index contributed by atoms with van der Waals surface area (Å²) in [7, 11) is 0. The molecule has 0 aliphatic heterocycles. The summed E-state index contributed by atoms with van der Waals surface area (Å²) in [5.41, 5.74) is -0.293. The van der Waals surface area contributed by atoms with Crippen LogP contribution in [0.4, 0.5) is 5.82 Å². The molecule has 1 saturated carbocycles. The van der Waals surface area contributed by atoms with Gasteiger partial charge in [-0.3, -0.25) is 4.79 Å². The molecule has 0 atom stereocenters. The molecule has 1 aliphatic rings. The topological polar surface area (TPSA) is 56.1 Å². The van der Waals surface area contributed by atoms with Gasteiger partial charge >= 0.3 is 0 Å². The van der Waals surface area contributed by atoms with E-state index in [1.165, 1.54) is 0 Å². The summed E-state index contributed by atoms with van der Waals surface area (Å²) in [6.07, 6.45) is 5.63. The van der Waals surface area contributed by atoms with E-state index < -0.39 is 0 Å². The van der Waals surface area contributed by atoms with Crippen molar-refractivity contribution in [2.24, 2.45) is 0 Å². The highest BCUT2D eigenvalue weighted by Crippen LogP contribution is 2.25. The molecule has 0 unspecified atom stereocenters. The summed E-state index contributed by atoms with van der Waals surface area (Å²) in [6, 6.07) is 0.299. The second-order valence-electron chi connectivity index (χ2n) is 6.01. The van der Waals surface area contributed by atoms with Gasteiger partial charge in [0, 0.05) is 30.6 Å². The molecule has 5 nitrogen and oxygen atoms in total. The number of nitrogens with one attached hydrogen (secondary N) is 1. The maximum Gasteiger partial charge on any atom is 0.293 e. The number of ether oxygens (including phenoxy) is 1. The Kier molecular flexibility index (Phi) is 3.94. The SMILES string of the molecule is CCOC1CC(Nc2nccn(C(C)(C)C)c2=O)C1. The summed E-state index contributed by atoms with van der Waals surface area (Å²) < 4.78 is 7.22.